The summed E-state index contributed by atoms with van der Waals surface area (Å²) >= 11 is 10.9. The molecule has 0 aliphatic rings. The highest BCUT2D eigenvalue weighted by Crippen LogP contribution is 2.35. The van der Waals surface area contributed by atoms with Gasteiger partial charge in [-0.15, -0.1) is 22.7 Å². The van der Waals surface area contributed by atoms with Gasteiger partial charge in [0.05, 0.1) is 3.79 Å². The lowest BCUT2D eigenvalue weighted by Gasteiger charge is -2.15. The number of aryl methyl sites for hydroxylation is 1. The van der Waals surface area contributed by atoms with Gasteiger partial charge in [-0.1, -0.05) is 6.92 Å². The van der Waals surface area contributed by atoms with Gasteiger partial charge in [0.15, 0.2) is 0 Å². The molecule has 0 amide bonds. The molecule has 0 radical (unpaired) electrons. The Morgan fingerprint density at radius 1 is 1.39 bits per heavy atom. The average molecular weight is 409 g/mol. The normalized spacial score (nSPS) is 12.9. The molecular formula is C13H15Br2NS2. The van der Waals surface area contributed by atoms with E-state index in [0.717, 1.165) is 13.0 Å². The molecule has 5 heteroatoms. The molecule has 0 fully saturated rings. The minimum absolute atomic E-state index is 0.403. The van der Waals surface area contributed by atoms with E-state index in [9.17, 15) is 0 Å². The largest absolute Gasteiger partial charge is 0.309 e. The minimum atomic E-state index is 0.403. The smallest absolute Gasteiger partial charge is 0.0731 e. The van der Waals surface area contributed by atoms with Crippen molar-refractivity contribution in [3.05, 3.63) is 41.1 Å². The van der Waals surface area contributed by atoms with Crippen LogP contribution in [0.4, 0.5) is 0 Å². The molecule has 1 unspecified atom stereocenters. The van der Waals surface area contributed by atoms with Gasteiger partial charge in [0.2, 0.25) is 0 Å². The van der Waals surface area contributed by atoms with E-state index >= 15 is 0 Å². The van der Waals surface area contributed by atoms with Gasteiger partial charge in [-0.3, -0.25) is 0 Å². The Bertz CT molecular complexity index is 499. The predicted octanol–water partition coefficient (Wildman–Crippen LogP) is 5.54. The Balaban J connectivity index is 2.20. The Labute approximate surface area is 133 Å². The summed E-state index contributed by atoms with van der Waals surface area (Å²) in [4.78, 5) is 2.81. The molecule has 0 saturated heterocycles. The lowest BCUT2D eigenvalue weighted by molar-refractivity contribution is 0.561. The summed E-state index contributed by atoms with van der Waals surface area (Å²) in [5.41, 5.74) is 1.32. The zero-order valence-corrected chi connectivity index (χ0v) is 15.1. The molecular weight excluding hydrogens is 394 g/mol. The Kier molecular flexibility index (Phi) is 5.45. The average Bonchev–Trinajstić information content (AvgIpc) is 2.87. The molecule has 2 rings (SSSR count). The van der Waals surface area contributed by atoms with Crippen LogP contribution in [0, 0.1) is 6.92 Å². The first-order chi connectivity index (χ1) is 8.61. The summed E-state index contributed by atoms with van der Waals surface area (Å²) in [7, 11) is 0. The fourth-order valence-corrected chi connectivity index (χ4v) is 5.04. The zero-order chi connectivity index (χ0) is 13.1. The minimum Gasteiger partial charge on any atom is -0.309 e. The van der Waals surface area contributed by atoms with E-state index in [4.69, 9.17) is 0 Å². The van der Waals surface area contributed by atoms with Gasteiger partial charge >= 0.3 is 0 Å². The number of hydrogen-bond donors (Lipinski definition) is 1. The van der Waals surface area contributed by atoms with Crippen molar-refractivity contribution >= 4 is 54.5 Å². The van der Waals surface area contributed by atoms with Crippen LogP contribution in [0.3, 0.4) is 0 Å². The number of nitrogens with one attached hydrogen (secondary N) is 1. The monoisotopic (exact) mass is 407 g/mol. The standard InChI is InChI=1S/C13H15Br2NS2/c1-3-16-10(7-11-9(14)4-5-17-11)12-6-8(2)13(15)18-12/h4-6,10,16H,3,7H2,1-2H3. The molecule has 0 aliphatic carbocycles. The van der Waals surface area contributed by atoms with Gasteiger partial charge in [0, 0.05) is 26.7 Å². The highest BCUT2D eigenvalue weighted by Gasteiger charge is 2.16. The van der Waals surface area contributed by atoms with Crippen LogP contribution in [0.15, 0.2) is 25.8 Å². The molecule has 1 atom stereocenters. The lowest BCUT2D eigenvalue weighted by Crippen LogP contribution is -2.21. The third kappa shape index (κ3) is 3.45. The molecule has 0 aliphatic heterocycles. The molecule has 2 heterocycles. The molecule has 2 aromatic heterocycles. The molecule has 18 heavy (non-hydrogen) atoms. The summed E-state index contributed by atoms with van der Waals surface area (Å²) in [6.07, 6.45) is 1.04. The maximum absolute atomic E-state index is 3.61. The van der Waals surface area contributed by atoms with Crippen LogP contribution in [0.25, 0.3) is 0 Å². The van der Waals surface area contributed by atoms with Crippen LogP contribution in [0.5, 0.6) is 0 Å². The number of halogens is 2. The lowest BCUT2D eigenvalue weighted by atomic mass is 10.1. The van der Waals surface area contributed by atoms with Gasteiger partial charge in [0.25, 0.3) is 0 Å². The molecule has 1 N–H and O–H groups in total. The van der Waals surface area contributed by atoms with E-state index < -0.39 is 0 Å². The maximum atomic E-state index is 3.61. The molecule has 2 aromatic rings. The molecule has 1 nitrogen and oxygen atoms in total. The maximum Gasteiger partial charge on any atom is 0.0731 e. The van der Waals surface area contributed by atoms with E-state index in [1.807, 2.05) is 22.7 Å². The van der Waals surface area contributed by atoms with Crippen molar-refractivity contribution in [3.8, 4) is 0 Å². The van der Waals surface area contributed by atoms with Crippen LogP contribution < -0.4 is 5.32 Å². The highest BCUT2D eigenvalue weighted by molar-refractivity contribution is 9.11. The van der Waals surface area contributed by atoms with Crippen LogP contribution >= 0.6 is 54.5 Å². The second kappa shape index (κ2) is 6.66. The summed E-state index contributed by atoms with van der Waals surface area (Å²) in [5, 5.41) is 5.72. The van der Waals surface area contributed by atoms with Crippen molar-refractivity contribution in [1.29, 1.82) is 0 Å². The van der Waals surface area contributed by atoms with Crippen LogP contribution in [0.1, 0.15) is 28.3 Å². The summed E-state index contributed by atoms with van der Waals surface area (Å²) in [6.45, 7) is 5.29. The summed E-state index contributed by atoms with van der Waals surface area (Å²) in [6, 6.07) is 4.81. The highest BCUT2D eigenvalue weighted by atomic mass is 79.9. The van der Waals surface area contributed by atoms with E-state index in [-0.39, 0.29) is 0 Å². The van der Waals surface area contributed by atoms with Crippen molar-refractivity contribution in [2.45, 2.75) is 26.3 Å². The first-order valence-corrected chi connectivity index (χ1v) is 9.11. The Morgan fingerprint density at radius 3 is 2.67 bits per heavy atom. The first kappa shape index (κ1) is 14.7. The molecule has 0 spiro atoms. The molecule has 0 bridgehead atoms. The number of likely N-dealkylation sites (N-methyl/N-ethyl adjacent to an activating group) is 1. The number of thiophene rings is 2. The number of rotatable bonds is 5. The Hall–Kier alpha value is 0.320. The van der Waals surface area contributed by atoms with Gasteiger partial charge in [-0.05, 0) is 68.4 Å². The van der Waals surface area contributed by atoms with E-state index in [2.05, 4.69) is 68.5 Å². The van der Waals surface area contributed by atoms with Crippen molar-refractivity contribution < 1.29 is 0 Å². The Morgan fingerprint density at radius 2 is 2.17 bits per heavy atom. The fraction of sp³-hybridized carbons (Fsp3) is 0.385. The topological polar surface area (TPSA) is 12.0 Å². The SMILES string of the molecule is CCNC(Cc1sccc1Br)c1cc(C)c(Br)s1. The van der Waals surface area contributed by atoms with Crippen molar-refractivity contribution in [2.24, 2.45) is 0 Å². The first-order valence-electron chi connectivity index (χ1n) is 5.83. The van der Waals surface area contributed by atoms with Gasteiger partial charge in [0.1, 0.15) is 0 Å². The van der Waals surface area contributed by atoms with Gasteiger partial charge < -0.3 is 5.32 Å². The predicted molar refractivity (Wildman–Crippen MR) is 88.9 cm³/mol. The van der Waals surface area contributed by atoms with E-state index in [0.29, 0.717) is 6.04 Å². The molecule has 0 saturated carbocycles. The van der Waals surface area contributed by atoms with E-state index in [1.54, 1.807) is 0 Å². The van der Waals surface area contributed by atoms with Crippen LogP contribution in [0.2, 0.25) is 0 Å². The summed E-state index contributed by atoms with van der Waals surface area (Å²) in [5.74, 6) is 0. The van der Waals surface area contributed by atoms with Gasteiger partial charge in [-0.25, -0.2) is 0 Å². The molecule has 98 valence electrons. The summed E-state index contributed by atoms with van der Waals surface area (Å²) < 4.78 is 2.47. The number of hydrogen-bond acceptors (Lipinski definition) is 3. The third-order valence-electron chi connectivity index (χ3n) is 2.75. The van der Waals surface area contributed by atoms with Crippen molar-refractivity contribution in [3.63, 3.8) is 0 Å². The third-order valence-corrected chi connectivity index (χ3v) is 6.95. The molecule has 0 aromatic carbocycles. The van der Waals surface area contributed by atoms with Crippen LogP contribution in [-0.2, 0) is 6.42 Å². The fourth-order valence-electron chi connectivity index (χ4n) is 1.83. The van der Waals surface area contributed by atoms with Crippen molar-refractivity contribution in [2.75, 3.05) is 6.54 Å². The zero-order valence-electron chi connectivity index (χ0n) is 10.3. The second-order valence-electron chi connectivity index (χ2n) is 4.11. The quantitative estimate of drug-likeness (QED) is 0.684. The van der Waals surface area contributed by atoms with Crippen molar-refractivity contribution in [1.82, 2.24) is 5.32 Å². The van der Waals surface area contributed by atoms with Crippen LogP contribution in [-0.4, -0.2) is 6.54 Å². The second-order valence-corrected chi connectivity index (χ2v) is 8.37. The van der Waals surface area contributed by atoms with E-state index in [1.165, 1.54) is 23.6 Å². The van der Waals surface area contributed by atoms with Gasteiger partial charge in [-0.2, -0.15) is 0 Å².